The van der Waals surface area contributed by atoms with Gasteiger partial charge in [-0.2, -0.15) is 0 Å². The first-order valence-electron chi connectivity index (χ1n) is 5.82. The summed E-state index contributed by atoms with van der Waals surface area (Å²) in [7, 11) is 0. The highest BCUT2D eigenvalue weighted by atomic mass is 16.4. The molecule has 0 amide bonds. The van der Waals surface area contributed by atoms with Gasteiger partial charge in [-0.25, -0.2) is 0 Å². The fourth-order valence-electron chi connectivity index (χ4n) is 2.86. The van der Waals surface area contributed by atoms with Crippen LogP contribution in [0.3, 0.4) is 0 Å². The third-order valence-electron chi connectivity index (χ3n) is 3.59. The van der Waals surface area contributed by atoms with Gasteiger partial charge < -0.3 is 5.11 Å². The molecular formula is C14H18O2. The van der Waals surface area contributed by atoms with Crippen LogP contribution < -0.4 is 0 Å². The molecule has 0 bridgehead atoms. The maximum atomic E-state index is 10.6. The fourth-order valence-corrected chi connectivity index (χ4v) is 2.86. The quantitative estimate of drug-likeness (QED) is 0.845. The van der Waals surface area contributed by atoms with Crippen molar-refractivity contribution in [1.29, 1.82) is 0 Å². The minimum atomic E-state index is -0.692. The SMILES string of the molecule is CC1(C)CC(CCC(=O)O)c2ccccc21. The highest BCUT2D eigenvalue weighted by molar-refractivity contribution is 5.66. The third-order valence-corrected chi connectivity index (χ3v) is 3.59. The molecule has 0 aliphatic heterocycles. The standard InChI is InChI=1S/C14H18O2/c1-14(2)9-10(7-8-13(15)16)11-5-3-4-6-12(11)14/h3-6,10H,7-9H2,1-2H3,(H,15,16). The average molecular weight is 218 g/mol. The van der Waals surface area contributed by atoms with E-state index in [1.165, 1.54) is 11.1 Å². The summed E-state index contributed by atoms with van der Waals surface area (Å²) in [4.78, 5) is 10.6. The number of fused-ring (bicyclic) bond motifs is 1. The van der Waals surface area contributed by atoms with Crippen LogP contribution in [0.5, 0.6) is 0 Å². The summed E-state index contributed by atoms with van der Waals surface area (Å²) in [6.07, 6.45) is 2.10. The zero-order chi connectivity index (χ0) is 11.8. The largest absolute Gasteiger partial charge is 0.481 e. The number of hydrogen-bond acceptors (Lipinski definition) is 1. The van der Waals surface area contributed by atoms with Gasteiger partial charge in [-0.15, -0.1) is 0 Å². The van der Waals surface area contributed by atoms with Gasteiger partial charge in [0.15, 0.2) is 0 Å². The number of carbonyl (C=O) groups is 1. The molecule has 0 spiro atoms. The Kier molecular flexibility index (Phi) is 2.75. The predicted molar refractivity (Wildman–Crippen MR) is 63.7 cm³/mol. The van der Waals surface area contributed by atoms with Gasteiger partial charge >= 0.3 is 5.97 Å². The number of benzene rings is 1. The molecule has 1 aliphatic rings. The fraction of sp³-hybridized carbons (Fsp3) is 0.500. The van der Waals surface area contributed by atoms with Crippen molar-refractivity contribution in [3.63, 3.8) is 0 Å². The van der Waals surface area contributed by atoms with Crippen molar-refractivity contribution in [1.82, 2.24) is 0 Å². The van der Waals surface area contributed by atoms with E-state index in [1.54, 1.807) is 0 Å². The van der Waals surface area contributed by atoms with Crippen molar-refractivity contribution < 1.29 is 9.90 Å². The molecule has 86 valence electrons. The lowest BCUT2D eigenvalue weighted by atomic mass is 9.85. The van der Waals surface area contributed by atoms with Gasteiger partial charge in [0.2, 0.25) is 0 Å². The van der Waals surface area contributed by atoms with Gasteiger partial charge in [-0.05, 0) is 35.3 Å². The van der Waals surface area contributed by atoms with Crippen LogP contribution in [0, 0.1) is 0 Å². The molecular weight excluding hydrogens is 200 g/mol. The van der Waals surface area contributed by atoms with Gasteiger partial charge in [-0.3, -0.25) is 4.79 Å². The monoisotopic (exact) mass is 218 g/mol. The Morgan fingerprint density at radius 3 is 2.81 bits per heavy atom. The van der Waals surface area contributed by atoms with Gasteiger partial charge in [0.05, 0.1) is 0 Å². The van der Waals surface area contributed by atoms with Crippen LogP contribution in [0.4, 0.5) is 0 Å². The molecule has 1 unspecified atom stereocenters. The summed E-state index contributed by atoms with van der Waals surface area (Å²) in [6, 6.07) is 8.45. The molecule has 1 atom stereocenters. The summed E-state index contributed by atoms with van der Waals surface area (Å²) in [5, 5.41) is 8.75. The second-order valence-electron chi connectivity index (χ2n) is 5.30. The lowest BCUT2D eigenvalue weighted by Gasteiger charge is -2.19. The van der Waals surface area contributed by atoms with E-state index in [2.05, 4.69) is 32.0 Å². The van der Waals surface area contributed by atoms with Crippen LogP contribution in [-0.4, -0.2) is 11.1 Å². The maximum absolute atomic E-state index is 10.6. The highest BCUT2D eigenvalue weighted by Gasteiger charge is 2.36. The molecule has 16 heavy (non-hydrogen) atoms. The van der Waals surface area contributed by atoms with Crippen LogP contribution >= 0.6 is 0 Å². The Bertz CT molecular complexity index is 407. The predicted octanol–water partition coefficient (Wildman–Crippen LogP) is 3.32. The smallest absolute Gasteiger partial charge is 0.303 e. The lowest BCUT2D eigenvalue weighted by Crippen LogP contribution is -2.12. The minimum Gasteiger partial charge on any atom is -0.481 e. The second-order valence-corrected chi connectivity index (χ2v) is 5.30. The van der Waals surface area contributed by atoms with E-state index in [0.717, 1.165) is 12.8 Å². The Balaban J connectivity index is 2.23. The Labute approximate surface area is 96.3 Å². The minimum absolute atomic E-state index is 0.194. The zero-order valence-electron chi connectivity index (χ0n) is 9.86. The Hall–Kier alpha value is -1.31. The molecule has 0 heterocycles. The van der Waals surface area contributed by atoms with Crippen LogP contribution in [0.25, 0.3) is 0 Å². The van der Waals surface area contributed by atoms with Crippen molar-refractivity contribution in [2.45, 2.75) is 44.4 Å². The van der Waals surface area contributed by atoms with E-state index in [-0.39, 0.29) is 11.8 Å². The summed E-state index contributed by atoms with van der Waals surface area (Å²) >= 11 is 0. The average Bonchev–Trinajstić information content (AvgIpc) is 2.49. The first-order chi connectivity index (χ1) is 7.50. The van der Waals surface area contributed by atoms with E-state index in [4.69, 9.17) is 5.11 Å². The first kappa shape index (κ1) is 11.2. The molecule has 0 fully saturated rings. The molecule has 0 aromatic heterocycles. The number of carboxylic acids is 1. The van der Waals surface area contributed by atoms with Gasteiger partial charge in [0.25, 0.3) is 0 Å². The van der Waals surface area contributed by atoms with Crippen LogP contribution in [0.2, 0.25) is 0 Å². The topological polar surface area (TPSA) is 37.3 Å². The molecule has 2 nitrogen and oxygen atoms in total. The van der Waals surface area contributed by atoms with E-state index >= 15 is 0 Å². The van der Waals surface area contributed by atoms with E-state index < -0.39 is 5.97 Å². The van der Waals surface area contributed by atoms with Crippen molar-refractivity contribution in [3.8, 4) is 0 Å². The summed E-state index contributed by atoms with van der Waals surface area (Å²) in [5.41, 5.74) is 2.94. The normalized spacial score (nSPS) is 21.8. The first-order valence-corrected chi connectivity index (χ1v) is 5.82. The molecule has 1 aromatic carbocycles. The van der Waals surface area contributed by atoms with Crippen LogP contribution in [0.15, 0.2) is 24.3 Å². The van der Waals surface area contributed by atoms with Crippen molar-refractivity contribution in [2.75, 3.05) is 0 Å². The highest BCUT2D eigenvalue weighted by Crippen LogP contribution is 2.47. The molecule has 0 saturated heterocycles. The zero-order valence-corrected chi connectivity index (χ0v) is 9.86. The Morgan fingerprint density at radius 1 is 1.44 bits per heavy atom. The number of hydrogen-bond donors (Lipinski definition) is 1. The number of rotatable bonds is 3. The van der Waals surface area contributed by atoms with E-state index in [1.807, 2.05) is 6.07 Å². The lowest BCUT2D eigenvalue weighted by molar-refractivity contribution is -0.137. The van der Waals surface area contributed by atoms with Gasteiger partial charge in [0, 0.05) is 6.42 Å². The van der Waals surface area contributed by atoms with Crippen LogP contribution in [0.1, 0.15) is 50.2 Å². The molecule has 1 N–H and O–H groups in total. The maximum Gasteiger partial charge on any atom is 0.303 e. The van der Waals surface area contributed by atoms with Crippen molar-refractivity contribution in [2.24, 2.45) is 0 Å². The Morgan fingerprint density at radius 2 is 2.12 bits per heavy atom. The molecule has 0 saturated carbocycles. The van der Waals surface area contributed by atoms with Gasteiger partial charge in [0.1, 0.15) is 0 Å². The third kappa shape index (κ3) is 1.97. The molecule has 0 radical (unpaired) electrons. The van der Waals surface area contributed by atoms with E-state index in [9.17, 15) is 4.79 Å². The van der Waals surface area contributed by atoms with Crippen LogP contribution in [-0.2, 0) is 10.2 Å². The molecule has 2 rings (SSSR count). The summed E-state index contributed by atoms with van der Waals surface area (Å²) < 4.78 is 0. The number of carboxylic acid groups (broad SMARTS) is 1. The van der Waals surface area contributed by atoms with Crippen molar-refractivity contribution >= 4 is 5.97 Å². The molecule has 1 aliphatic carbocycles. The second kappa shape index (κ2) is 3.93. The van der Waals surface area contributed by atoms with Gasteiger partial charge in [-0.1, -0.05) is 38.1 Å². The summed E-state index contributed by atoms with van der Waals surface area (Å²) in [5.74, 6) is -0.274. The summed E-state index contributed by atoms with van der Waals surface area (Å²) in [6.45, 7) is 4.49. The van der Waals surface area contributed by atoms with Crippen molar-refractivity contribution in [3.05, 3.63) is 35.4 Å². The molecule has 2 heteroatoms. The number of aliphatic carboxylic acids is 1. The molecule has 1 aromatic rings. The van der Waals surface area contributed by atoms with E-state index in [0.29, 0.717) is 5.92 Å².